The van der Waals surface area contributed by atoms with Gasteiger partial charge in [0.2, 0.25) is 10.0 Å². The van der Waals surface area contributed by atoms with Crippen LogP contribution < -0.4 is 0 Å². The summed E-state index contributed by atoms with van der Waals surface area (Å²) in [6, 6.07) is 0.615. The highest BCUT2D eigenvalue weighted by Gasteiger charge is 2.40. The van der Waals surface area contributed by atoms with E-state index in [0.29, 0.717) is 12.8 Å². The topological polar surface area (TPSA) is 76.6 Å². The lowest BCUT2D eigenvalue weighted by molar-refractivity contribution is -0.144. The van der Waals surface area contributed by atoms with E-state index in [-0.39, 0.29) is 16.5 Å². The normalized spacial score (nSPS) is 20.4. The number of ether oxygens (including phenoxy) is 1. The highest BCUT2D eigenvalue weighted by atomic mass is 35.5. The standard InChI is InChI=1S/C11H13ClN2O4S/c1-18-11(15)9-3-2-6-14(9)19(16,17)10-7-13-5-4-8(10)12/h4-5,7,9H,2-3,6H2,1H3. The average molecular weight is 305 g/mol. The number of halogens is 1. The van der Waals surface area contributed by atoms with E-state index in [1.165, 1.54) is 25.6 Å². The molecule has 0 saturated carbocycles. The van der Waals surface area contributed by atoms with Gasteiger partial charge in [-0.2, -0.15) is 4.31 Å². The third kappa shape index (κ3) is 2.58. The lowest BCUT2D eigenvalue weighted by Crippen LogP contribution is -2.41. The predicted octanol–water partition coefficient (Wildman–Crippen LogP) is 1.06. The van der Waals surface area contributed by atoms with Gasteiger partial charge in [-0.15, -0.1) is 0 Å². The first-order valence-electron chi connectivity index (χ1n) is 5.67. The first kappa shape index (κ1) is 14.2. The van der Waals surface area contributed by atoms with Gasteiger partial charge >= 0.3 is 5.97 Å². The van der Waals surface area contributed by atoms with Crippen molar-refractivity contribution in [3.63, 3.8) is 0 Å². The molecule has 0 bridgehead atoms. The highest BCUT2D eigenvalue weighted by Crippen LogP contribution is 2.29. The van der Waals surface area contributed by atoms with Crippen molar-refractivity contribution in [2.75, 3.05) is 13.7 Å². The Labute approximate surface area is 116 Å². The fourth-order valence-electron chi connectivity index (χ4n) is 2.08. The van der Waals surface area contributed by atoms with Gasteiger partial charge in [0.25, 0.3) is 0 Å². The molecule has 8 heteroatoms. The van der Waals surface area contributed by atoms with Gasteiger partial charge < -0.3 is 4.74 Å². The summed E-state index contributed by atoms with van der Waals surface area (Å²) in [5.74, 6) is -0.555. The Morgan fingerprint density at radius 2 is 2.32 bits per heavy atom. The van der Waals surface area contributed by atoms with Crippen molar-refractivity contribution in [2.24, 2.45) is 0 Å². The molecule has 1 aromatic heterocycles. The molecule has 0 aliphatic carbocycles. The van der Waals surface area contributed by atoms with E-state index >= 15 is 0 Å². The van der Waals surface area contributed by atoms with Gasteiger partial charge in [0.05, 0.1) is 12.1 Å². The molecule has 0 radical (unpaired) electrons. The molecule has 1 saturated heterocycles. The first-order valence-corrected chi connectivity index (χ1v) is 7.49. The van der Waals surface area contributed by atoms with Gasteiger partial charge in [-0.25, -0.2) is 8.42 Å². The lowest BCUT2D eigenvalue weighted by atomic mass is 10.2. The quantitative estimate of drug-likeness (QED) is 0.780. The second-order valence-corrected chi connectivity index (χ2v) is 6.37. The van der Waals surface area contributed by atoms with Crippen LogP contribution >= 0.6 is 11.6 Å². The van der Waals surface area contributed by atoms with E-state index in [0.717, 1.165) is 4.31 Å². The summed E-state index contributed by atoms with van der Waals surface area (Å²) in [6.45, 7) is 0.271. The molecule has 104 valence electrons. The van der Waals surface area contributed by atoms with Crippen molar-refractivity contribution >= 4 is 27.6 Å². The molecule has 19 heavy (non-hydrogen) atoms. The van der Waals surface area contributed by atoms with Crippen LogP contribution in [-0.4, -0.2) is 43.4 Å². The summed E-state index contributed by atoms with van der Waals surface area (Å²) in [4.78, 5) is 15.3. The summed E-state index contributed by atoms with van der Waals surface area (Å²) in [5, 5.41) is 0.0884. The minimum atomic E-state index is -3.84. The van der Waals surface area contributed by atoms with Gasteiger partial charge in [-0.1, -0.05) is 11.6 Å². The smallest absolute Gasteiger partial charge is 0.324 e. The molecule has 6 nitrogen and oxygen atoms in total. The molecule has 2 rings (SSSR count). The molecule has 0 spiro atoms. The molecule has 1 aliphatic rings. The van der Waals surface area contributed by atoms with Crippen LogP contribution in [0.3, 0.4) is 0 Å². The number of pyridine rings is 1. The largest absolute Gasteiger partial charge is 0.468 e. The van der Waals surface area contributed by atoms with Gasteiger partial charge in [-0.3, -0.25) is 9.78 Å². The van der Waals surface area contributed by atoms with Crippen molar-refractivity contribution in [1.82, 2.24) is 9.29 Å². The molecule has 0 N–H and O–H groups in total. The molecule has 0 aromatic carbocycles. The zero-order valence-electron chi connectivity index (χ0n) is 10.2. The summed E-state index contributed by atoms with van der Waals surface area (Å²) in [5.41, 5.74) is 0. The fourth-order valence-corrected chi connectivity index (χ4v) is 4.13. The van der Waals surface area contributed by atoms with E-state index < -0.39 is 22.0 Å². The Bertz CT molecular complexity index is 590. The monoisotopic (exact) mass is 304 g/mol. The molecule has 0 amide bonds. The number of rotatable bonds is 3. The second kappa shape index (κ2) is 5.44. The van der Waals surface area contributed by atoms with Crippen molar-refractivity contribution in [2.45, 2.75) is 23.8 Å². The van der Waals surface area contributed by atoms with Crippen LogP contribution in [0.5, 0.6) is 0 Å². The van der Waals surface area contributed by atoms with E-state index in [1.807, 2.05) is 0 Å². The van der Waals surface area contributed by atoms with Crippen LogP contribution in [0.1, 0.15) is 12.8 Å². The number of carbonyl (C=O) groups excluding carboxylic acids is 1. The SMILES string of the molecule is COC(=O)C1CCCN1S(=O)(=O)c1cnccc1Cl. The first-order chi connectivity index (χ1) is 8.98. The van der Waals surface area contributed by atoms with Gasteiger partial charge in [0.1, 0.15) is 10.9 Å². The van der Waals surface area contributed by atoms with Crippen LogP contribution in [0.15, 0.2) is 23.4 Å². The Kier molecular flexibility index (Phi) is 4.07. The molecular formula is C11H13ClN2O4S. The van der Waals surface area contributed by atoms with E-state index in [9.17, 15) is 13.2 Å². The number of methoxy groups -OCH3 is 1. The number of hydrogen-bond donors (Lipinski definition) is 0. The maximum atomic E-state index is 12.5. The van der Waals surface area contributed by atoms with E-state index in [2.05, 4.69) is 9.72 Å². The third-order valence-corrected chi connectivity index (χ3v) is 5.37. The van der Waals surface area contributed by atoms with Gasteiger partial charge in [-0.05, 0) is 18.9 Å². The Balaban J connectivity index is 2.40. The lowest BCUT2D eigenvalue weighted by Gasteiger charge is -2.22. The molecule has 1 aromatic rings. The van der Waals surface area contributed by atoms with Crippen LogP contribution in [-0.2, 0) is 19.6 Å². The van der Waals surface area contributed by atoms with Crippen molar-refractivity contribution < 1.29 is 17.9 Å². The zero-order chi connectivity index (χ0) is 14.0. The number of esters is 1. The summed E-state index contributed by atoms with van der Waals surface area (Å²) < 4.78 is 30.7. The summed E-state index contributed by atoms with van der Waals surface area (Å²) in [7, 11) is -2.60. The number of nitrogens with zero attached hydrogens (tertiary/aromatic N) is 2. The minimum Gasteiger partial charge on any atom is -0.468 e. The van der Waals surface area contributed by atoms with Crippen molar-refractivity contribution in [1.29, 1.82) is 0 Å². The number of sulfonamides is 1. The van der Waals surface area contributed by atoms with Gasteiger partial charge in [0, 0.05) is 18.9 Å². The van der Waals surface area contributed by atoms with Crippen molar-refractivity contribution in [3.05, 3.63) is 23.5 Å². The van der Waals surface area contributed by atoms with Crippen LogP contribution in [0.4, 0.5) is 0 Å². The van der Waals surface area contributed by atoms with Crippen molar-refractivity contribution in [3.8, 4) is 0 Å². The molecule has 1 aliphatic heterocycles. The van der Waals surface area contributed by atoms with E-state index in [1.54, 1.807) is 0 Å². The maximum Gasteiger partial charge on any atom is 0.324 e. The highest BCUT2D eigenvalue weighted by molar-refractivity contribution is 7.89. The number of aromatic nitrogens is 1. The average Bonchev–Trinajstić information content (AvgIpc) is 2.88. The Morgan fingerprint density at radius 1 is 1.58 bits per heavy atom. The zero-order valence-corrected chi connectivity index (χ0v) is 11.8. The molecule has 1 fully saturated rings. The maximum absolute atomic E-state index is 12.5. The van der Waals surface area contributed by atoms with Crippen LogP contribution in [0.25, 0.3) is 0 Å². The molecule has 2 heterocycles. The van der Waals surface area contributed by atoms with E-state index in [4.69, 9.17) is 11.6 Å². The summed E-state index contributed by atoms with van der Waals surface area (Å²) >= 11 is 5.89. The number of hydrogen-bond acceptors (Lipinski definition) is 5. The number of carbonyl (C=O) groups is 1. The Hall–Kier alpha value is -1.18. The minimum absolute atomic E-state index is 0.0884. The predicted molar refractivity (Wildman–Crippen MR) is 68.2 cm³/mol. The summed E-state index contributed by atoms with van der Waals surface area (Å²) in [6.07, 6.45) is 3.65. The molecular weight excluding hydrogens is 292 g/mol. The fraction of sp³-hybridized carbons (Fsp3) is 0.455. The van der Waals surface area contributed by atoms with Crippen LogP contribution in [0, 0.1) is 0 Å². The Morgan fingerprint density at radius 3 is 2.95 bits per heavy atom. The second-order valence-electron chi connectivity index (χ2n) is 4.10. The third-order valence-electron chi connectivity index (χ3n) is 3.00. The van der Waals surface area contributed by atoms with Crippen LogP contribution in [0.2, 0.25) is 5.02 Å². The molecule has 1 unspecified atom stereocenters. The van der Waals surface area contributed by atoms with Gasteiger partial charge in [0.15, 0.2) is 0 Å². The molecule has 1 atom stereocenters.